The molecule has 0 aliphatic carbocycles. The Morgan fingerprint density at radius 1 is 1.16 bits per heavy atom. The highest BCUT2D eigenvalue weighted by Gasteiger charge is 2.08. The zero-order valence-corrected chi connectivity index (χ0v) is 10.5. The lowest BCUT2D eigenvalue weighted by Crippen LogP contribution is -2.05. The van der Waals surface area contributed by atoms with Crippen LogP contribution in [0.15, 0.2) is 48.7 Å². The van der Waals surface area contributed by atoms with Crippen molar-refractivity contribution < 1.29 is 14.6 Å². The van der Waals surface area contributed by atoms with Crippen molar-refractivity contribution in [3.05, 3.63) is 65.5 Å². The summed E-state index contributed by atoms with van der Waals surface area (Å²) >= 11 is 0. The fourth-order valence-electron chi connectivity index (χ4n) is 1.76. The van der Waals surface area contributed by atoms with Crippen molar-refractivity contribution in [2.24, 2.45) is 0 Å². The van der Waals surface area contributed by atoms with Gasteiger partial charge in [-0.25, -0.2) is 4.79 Å². The number of carbonyl (C=O) groups is 1. The predicted octanol–water partition coefficient (Wildman–Crippen LogP) is 2.54. The number of ether oxygens (including phenoxy) is 1. The molecule has 1 aromatic heterocycles. The zero-order chi connectivity index (χ0) is 13.5. The summed E-state index contributed by atoms with van der Waals surface area (Å²) in [5.74, 6) is -0.927. The van der Waals surface area contributed by atoms with Gasteiger partial charge in [-0.1, -0.05) is 24.3 Å². The number of hydrogen-bond donors (Lipinski definition) is 1. The maximum Gasteiger partial charge on any atom is 0.336 e. The van der Waals surface area contributed by atoms with E-state index in [1.54, 1.807) is 24.4 Å². The molecule has 1 aromatic carbocycles. The Bertz CT molecular complexity index is 540. The van der Waals surface area contributed by atoms with Crippen molar-refractivity contribution >= 4 is 5.97 Å². The summed E-state index contributed by atoms with van der Waals surface area (Å²) in [6.07, 6.45) is 2.46. The highest BCUT2D eigenvalue weighted by Crippen LogP contribution is 2.10. The Balaban J connectivity index is 1.85. The van der Waals surface area contributed by atoms with Crippen molar-refractivity contribution in [3.8, 4) is 0 Å². The molecular formula is C15H15NO3. The molecule has 1 heterocycles. The molecule has 0 saturated heterocycles. The quantitative estimate of drug-likeness (QED) is 0.808. The third-order valence-corrected chi connectivity index (χ3v) is 2.73. The van der Waals surface area contributed by atoms with Crippen LogP contribution in [-0.2, 0) is 17.8 Å². The van der Waals surface area contributed by atoms with Gasteiger partial charge in [0.2, 0.25) is 0 Å². The number of aromatic nitrogens is 1. The molecule has 0 saturated carbocycles. The van der Waals surface area contributed by atoms with Crippen molar-refractivity contribution in [1.82, 2.24) is 4.98 Å². The Morgan fingerprint density at radius 3 is 2.68 bits per heavy atom. The van der Waals surface area contributed by atoms with E-state index in [9.17, 15) is 4.79 Å². The Hall–Kier alpha value is -2.20. The molecule has 0 aliphatic rings. The van der Waals surface area contributed by atoms with Crippen LogP contribution in [0, 0.1) is 0 Å². The van der Waals surface area contributed by atoms with Gasteiger partial charge in [0.25, 0.3) is 0 Å². The van der Waals surface area contributed by atoms with Crippen LogP contribution in [0.25, 0.3) is 0 Å². The van der Waals surface area contributed by atoms with Crippen molar-refractivity contribution in [1.29, 1.82) is 0 Å². The molecule has 0 unspecified atom stereocenters. The van der Waals surface area contributed by atoms with Crippen LogP contribution >= 0.6 is 0 Å². The lowest BCUT2D eigenvalue weighted by Gasteiger charge is -2.07. The second-order valence-electron chi connectivity index (χ2n) is 4.09. The summed E-state index contributed by atoms with van der Waals surface area (Å²) in [5, 5.41) is 9.03. The van der Waals surface area contributed by atoms with Gasteiger partial charge in [-0.15, -0.1) is 0 Å². The van der Waals surface area contributed by atoms with E-state index in [1.807, 2.05) is 24.3 Å². The lowest BCUT2D eigenvalue weighted by atomic mass is 10.1. The number of rotatable bonds is 6. The minimum atomic E-state index is -0.927. The number of pyridine rings is 1. The molecule has 1 N–H and O–H groups in total. The molecule has 0 atom stereocenters. The minimum absolute atomic E-state index is 0.292. The van der Waals surface area contributed by atoms with E-state index < -0.39 is 5.97 Å². The number of aromatic carboxylic acids is 1. The Labute approximate surface area is 111 Å². The second-order valence-corrected chi connectivity index (χ2v) is 4.09. The van der Waals surface area contributed by atoms with Crippen LogP contribution < -0.4 is 0 Å². The molecule has 4 heteroatoms. The van der Waals surface area contributed by atoms with E-state index in [0.29, 0.717) is 24.3 Å². The van der Waals surface area contributed by atoms with E-state index in [0.717, 1.165) is 12.1 Å². The highest BCUT2D eigenvalue weighted by molar-refractivity contribution is 5.89. The number of hydrogen-bond acceptors (Lipinski definition) is 3. The van der Waals surface area contributed by atoms with Crippen LogP contribution in [0.4, 0.5) is 0 Å². The van der Waals surface area contributed by atoms with Crippen molar-refractivity contribution in [3.63, 3.8) is 0 Å². The van der Waals surface area contributed by atoms with E-state index in [4.69, 9.17) is 9.84 Å². The van der Waals surface area contributed by atoms with Gasteiger partial charge in [0.1, 0.15) is 0 Å². The third-order valence-electron chi connectivity index (χ3n) is 2.73. The molecular weight excluding hydrogens is 242 g/mol. The van der Waals surface area contributed by atoms with Gasteiger partial charge in [0.05, 0.1) is 18.8 Å². The summed E-state index contributed by atoms with van der Waals surface area (Å²) in [4.78, 5) is 15.2. The van der Waals surface area contributed by atoms with Crippen molar-refractivity contribution in [2.75, 3.05) is 6.61 Å². The second kappa shape index (κ2) is 6.66. The normalized spacial score (nSPS) is 10.3. The van der Waals surface area contributed by atoms with E-state index in [2.05, 4.69) is 4.98 Å². The number of carboxylic acid groups (broad SMARTS) is 1. The number of benzene rings is 1. The number of nitrogens with zero attached hydrogens (tertiary/aromatic N) is 1. The van der Waals surface area contributed by atoms with Gasteiger partial charge in [0, 0.05) is 18.3 Å². The maximum absolute atomic E-state index is 11.0. The first-order chi connectivity index (χ1) is 9.27. The molecule has 0 bridgehead atoms. The van der Waals surface area contributed by atoms with Gasteiger partial charge in [-0.2, -0.15) is 0 Å². The largest absolute Gasteiger partial charge is 0.478 e. The summed E-state index contributed by atoms with van der Waals surface area (Å²) < 4.78 is 5.51. The fraction of sp³-hybridized carbons (Fsp3) is 0.200. The number of carboxylic acids is 1. The fourth-order valence-corrected chi connectivity index (χ4v) is 1.76. The van der Waals surface area contributed by atoms with Crippen LogP contribution in [-0.4, -0.2) is 22.7 Å². The maximum atomic E-state index is 11.0. The minimum Gasteiger partial charge on any atom is -0.478 e. The summed E-state index contributed by atoms with van der Waals surface area (Å²) in [6.45, 7) is 0.820. The standard InChI is InChI=1S/C15H15NO3/c17-15(18)14-7-2-1-5-12(14)11-19-10-8-13-6-3-4-9-16-13/h1-7,9H,8,10-11H2,(H,17,18). The Morgan fingerprint density at radius 2 is 1.95 bits per heavy atom. The summed E-state index contributed by atoms with van der Waals surface area (Å²) in [5.41, 5.74) is 1.95. The van der Waals surface area contributed by atoms with Gasteiger partial charge in [-0.05, 0) is 23.8 Å². The van der Waals surface area contributed by atoms with Crippen LogP contribution in [0.1, 0.15) is 21.6 Å². The van der Waals surface area contributed by atoms with E-state index in [-0.39, 0.29) is 0 Å². The van der Waals surface area contributed by atoms with Crippen LogP contribution in [0.2, 0.25) is 0 Å². The van der Waals surface area contributed by atoms with Gasteiger partial charge >= 0.3 is 5.97 Å². The SMILES string of the molecule is O=C(O)c1ccccc1COCCc1ccccn1. The average Bonchev–Trinajstić information content (AvgIpc) is 2.45. The first kappa shape index (κ1) is 13.2. The van der Waals surface area contributed by atoms with Gasteiger partial charge in [-0.3, -0.25) is 4.98 Å². The van der Waals surface area contributed by atoms with E-state index >= 15 is 0 Å². The monoisotopic (exact) mass is 257 g/mol. The zero-order valence-electron chi connectivity index (χ0n) is 10.5. The molecule has 0 spiro atoms. The summed E-state index contributed by atoms with van der Waals surface area (Å²) in [6, 6.07) is 12.6. The smallest absolute Gasteiger partial charge is 0.336 e. The molecule has 4 nitrogen and oxygen atoms in total. The molecule has 2 aromatic rings. The predicted molar refractivity (Wildman–Crippen MR) is 71.0 cm³/mol. The van der Waals surface area contributed by atoms with Crippen molar-refractivity contribution in [2.45, 2.75) is 13.0 Å². The van der Waals surface area contributed by atoms with Gasteiger partial charge < -0.3 is 9.84 Å². The van der Waals surface area contributed by atoms with Crippen LogP contribution in [0.5, 0.6) is 0 Å². The molecule has 0 aliphatic heterocycles. The average molecular weight is 257 g/mol. The highest BCUT2D eigenvalue weighted by atomic mass is 16.5. The molecule has 0 amide bonds. The molecule has 0 fully saturated rings. The third kappa shape index (κ3) is 3.89. The van der Waals surface area contributed by atoms with E-state index in [1.165, 1.54) is 0 Å². The molecule has 2 rings (SSSR count). The summed E-state index contributed by atoms with van der Waals surface area (Å²) in [7, 11) is 0. The topological polar surface area (TPSA) is 59.4 Å². The lowest BCUT2D eigenvalue weighted by molar-refractivity contribution is 0.0687. The Kier molecular flexibility index (Phi) is 4.64. The molecule has 0 radical (unpaired) electrons. The van der Waals surface area contributed by atoms with Crippen LogP contribution in [0.3, 0.4) is 0 Å². The van der Waals surface area contributed by atoms with Gasteiger partial charge in [0.15, 0.2) is 0 Å². The molecule has 19 heavy (non-hydrogen) atoms. The first-order valence-electron chi connectivity index (χ1n) is 6.06. The molecule has 98 valence electrons. The first-order valence-corrected chi connectivity index (χ1v) is 6.06.